The average molecular weight is 285 g/mol. The minimum atomic E-state index is -0.207. The fourth-order valence-corrected chi connectivity index (χ4v) is 2.78. The second-order valence-corrected chi connectivity index (χ2v) is 5.67. The van der Waals surface area contributed by atoms with Crippen molar-refractivity contribution in [3.05, 3.63) is 34.6 Å². The van der Waals surface area contributed by atoms with Gasteiger partial charge in [0, 0.05) is 11.6 Å². The van der Waals surface area contributed by atoms with Gasteiger partial charge in [-0.1, -0.05) is 18.5 Å². The maximum Gasteiger partial charge on any atom is 0.123 e. The summed E-state index contributed by atoms with van der Waals surface area (Å²) in [4.78, 5) is 2.36. The molecule has 0 aromatic heterocycles. The van der Waals surface area contributed by atoms with Crippen LogP contribution in [0.3, 0.4) is 0 Å². The molecule has 0 radical (unpaired) electrons. The van der Waals surface area contributed by atoms with Crippen LogP contribution in [0.5, 0.6) is 0 Å². The molecule has 1 aliphatic heterocycles. The molecule has 106 valence electrons. The number of nitrogens with one attached hydrogen (secondary N) is 1. The first kappa shape index (κ1) is 14.8. The van der Waals surface area contributed by atoms with Crippen LogP contribution in [0.25, 0.3) is 0 Å². The van der Waals surface area contributed by atoms with E-state index in [-0.39, 0.29) is 5.82 Å². The molecule has 1 aromatic carbocycles. The predicted molar refractivity (Wildman–Crippen MR) is 78.0 cm³/mol. The summed E-state index contributed by atoms with van der Waals surface area (Å²) in [5, 5.41) is 4.07. The minimum absolute atomic E-state index is 0.207. The summed E-state index contributed by atoms with van der Waals surface area (Å²) in [6.45, 7) is 7.20. The van der Waals surface area contributed by atoms with E-state index in [1.54, 1.807) is 12.1 Å². The molecule has 0 spiro atoms. The Hall–Kier alpha value is -0.640. The molecule has 0 amide bonds. The zero-order chi connectivity index (χ0) is 13.7. The van der Waals surface area contributed by atoms with Crippen LogP contribution in [0.4, 0.5) is 4.39 Å². The third-order valence-corrected chi connectivity index (χ3v) is 4.16. The third-order valence-electron chi connectivity index (χ3n) is 3.79. The molecule has 1 aliphatic rings. The molecule has 1 fully saturated rings. The highest BCUT2D eigenvalue weighted by atomic mass is 35.5. The number of likely N-dealkylation sites (tertiary alicyclic amines) is 1. The Morgan fingerprint density at radius 3 is 2.79 bits per heavy atom. The Balaban J connectivity index is 1.83. The molecular weight excluding hydrogens is 263 g/mol. The van der Waals surface area contributed by atoms with Gasteiger partial charge in [0.2, 0.25) is 0 Å². The lowest BCUT2D eigenvalue weighted by atomic mass is 9.96. The molecule has 0 aliphatic carbocycles. The van der Waals surface area contributed by atoms with E-state index >= 15 is 0 Å². The first-order valence-corrected chi connectivity index (χ1v) is 7.44. The molecule has 0 unspecified atom stereocenters. The van der Waals surface area contributed by atoms with Crippen molar-refractivity contribution in [2.75, 3.05) is 26.2 Å². The van der Waals surface area contributed by atoms with E-state index in [1.165, 1.54) is 18.9 Å². The monoisotopic (exact) mass is 284 g/mol. The molecule has 1 N–H and O–H groups in total. The van der Waals surface area contributed by atoms with Crippen molar-refractivity contribution in [2.45, 2.75) is 26.3 Å². The summed E-state index contributed by atoms with van der Waals surface area (Å²) in [7, 11) is 0. The Labute approximate surface area is 119 Å². The largest absolute Gasteiger partial charge is 0.317 e. The number of benzene rings is 1. The maximum atomic E-state index is 13.2. The van der Waals surface area contributed by atoms with Crippen molar-refractivity contribution in [3.8, 4) is 0 Å². The summed E-state index contributed by atoms with van der Waals surface area (Å²) in [6, 6.07) is 4.60. The highest BCUT2D eigenvalue weighted by Crippen LogP contribution is 2.22. The quantitative estimate of drug-likeness (QED) is 0.892. The normalized spacial score (nSPS) is 17.8. The number of rotatable bonds is 5. The van der Waals surface area contributed by atoms with Crippen molar-refractivity contribution in [2.24, 2.45) is 5.92 Å². The number of piperidine rings is 1. The topological polar surface area (TPSA) is 15.3 Å². The first-order chi connectivity index (χ1) is 9.19. The SMILES string of the molecule is CCNCC1CCN(Cc2cc(F)ccc2Cl)CC1. The molecule has 1 aromatic rings. The zero-order valence-electron chi connectivity index (χ0n) is 11.5. The standard InChI is InChI=1S/C15H22ClFN2/c1-2-18-10-12-5-7-19(8-6-12)11-13-9-14(17)3-4-15(13)16/h3-4,9,12,18H,2,5-8,10-11H2,1H3. The lowest BCUT2D eigenvalue weighted by Gasteiger charge is -2.32. The third kappa shape index (κ3) is 4.44. The van der Waals surface area contributed by atoms with Crippen molar-refractivity contribution < 1.29 is 4.39 Å². The Kier molecular flexibility index (Phi) is 5.61. The van der Waals surface area contributed by atoms with E-state index in [0.29, 0.717) is 5.02 Å². The maximum absolute atomic E-state index is 13.2. The number of hydrogen-bond acceptors (Lipinski definition) is 2. The van der Waals surface area contributed by atoms with Gasteiger partial charge in [-0.05, 0) is 68.7 Å². The van der Waals surface area contributed by atoms with Crippen LogP contribution in [0, 0.1) is 11.7 Å². The van der Waals surface area contributed by atoms with Crippen molar-refractivity contribution in [3.63, 3.8) is 0 Å². The van der Waals surface area contributed by atoms with Crippen LogP contribution in [-0.4, -0.2) is 31.1 Å². The smallest absolute Gasteiger partial charge is 0.123 e. The molecular formula is C15H22ClFN2. The molecule has 2 rings (SSSR count). The molecule has 2 nitrogen and oxygen atoms in total. The minimum Gasteiger partial charge on any atom is -0.317 e. The van der Waals surface area contributed by atoms with Gasteiger partial charge in [0.25, 0.3) is 0 Å². The van der Waals surface area contributed by atoms with Gasteiger partial charge < -0.3 is 5.32 Å². The number of nitrogens with zero attached hydrogens (tertiary/aromatic N) is 1. The van der Waals surface area contributed by atoms with Gasteiger partial charge in [-0.15, -0.1) is 0 Å². The van der Waals surface area contributed by atoms with E-state index in [9.17, 15) is 4.39 Å². The second-order valence-electron chi connectivity index (χ2n) is 5.26. The highest BCUT2D eigenvalue weighted by Gasteiger charge is 2.19. The van der Waals surface area contributed by atoms with Crippen LogP contribution >= 0.6 is 11.6 Å². The Morgan fingerprint density at radius 1 is 1.37 bits per heavy atom. The number of halogens is 2. The van der Waals surface area contributed by atoms with E-state index < -0.39 is 0 Å². The summed E-state index contributed by atoms with van der Waals surface area (Å²) in [5.74, 6) is 0.570. The molecule has 0 bridgehead atoms. The van der Waals surface area contributed by atoms with E-state index in [0.717, 1.165) is 44.2 Å². The van der Waals surface area contributed by atoms with Crippen LogP contribution in [0.2, 0.25) is 5.02 Å². The van der Waals surface area contributed by atoms with Crippen molar-refractivity contribution in [1.82, 2.24) is 10.2 Å². The highest BCUT2D eigenvalue weighted by molar-refractivity contribution is 6.31. The fourth-order valence-electron chi connectivity index (χ4n) is 2.60. The van der Waals surface area contributed by atoms with Gasteiger partial charge in [0.15, 0.2) is 0 Å². The van der Waals surface area contributed by atoms with E-state index in [1.807, 2.05) is 0 Å². The van der Waals surface area contributed by atoms with Crippen LogP contribution in [0.15, 0.2) is 18.2 Å². The zero-order valence-corrected chi connectivity index (χ0v) is 12.2. The van der Waals surface area contributed by atoms with Crippen molar-refractivity contribution in [1.29, 1.82) is 0 Å². The fraction of sp³-hybridized carbons (Fsp3) is 0.600. The van der Waals surface area contributed by atoms with E-state index in [2.05, 4.69) is 17.1 Å². The summed E-state index contributed by atoms with van der Waals surface area (Å²) < 4.78 is 13.2. The molecule has 0 saturated carbocycles. The molecule has 0 atom stereocenters. The van der Waals surface area contributed by atoms with Crippen LogP contribution in [-0.2, 0) is 6.54 Å². The van der Waals surface area contributed by atoms with Gasteiger partial charge in [0.05, 0.1) is 0 Å². The van der Waals surface area contributed by atoms with Crippen molar-refractivity contribution >= 4 is 11.6 Å². The van der Waals surface area contributed by atoms with Gasteiger partial charge in [-0.3, -0.25) is 4.90 Å². The van der Waals surface area contributed by atoms with Gasteiger partial charge >= 0.3 is 0 Å². The molecule has 4 heteroatoms. The summed E-state index contributed by atoms with van der Waals surface area (Å²) in [6.07, 6.45) is 2.42. The van der Waals surface area contributed by atoms with E-state index in [4.69, 9.17) is 11.6 Å². The summed E-state index contributed by atoms with van der Waals surface area (Å²) in [5.41, 5.74) is 0.895. The average Bonchev–Trinajstić information content (AvgIpc) is 2.42. The first-order valence-electron chi connectivity index (χ1n) is 7.06. The van der Waals surface area contributed by atoms with Gasteiger partial charge in [-0.2, -0.15) is 0 Å². The predicted octanol–water partition coefficient (Wildman–Crippen LogP) is 3.30. The molecule has 19 heavy (non-hydrogen) atoms. The Bertz CT molecular complexity index is 403. The Morgan fingerprint density at radius 2 is 2.11 bits per heavy atom. The number of hydrogen-bond donors (Lipinski definition) is 1. The van der Waals surface area contributed by atoms with Crippen LogP contribution < -0.4 is 5.32 Å². The summed E-state index contributed by atoms with van der Waals surface area (Å²) >= 11 is 6.11. The molecule has 1 saturated heterocycles. The lowest BCUT2D eigenvalue weighted by molar-refractivity contribution is 0.176. The van der Waals surface area contributed by atoms with Gasteiger partial charge in [0.1, 0.15) is 5.82 Å². The lowest BCUT2D eigenvalue weighted by Crippen LogP contribution is -2.36. The molecule has 1 heterocycles. The van der Waals surface area contributed by atoms with Crippen LogP contribution in [0.1, 0.15) is 25.3 Å². The second kappa shape index (κ2) is 7.22. The van der Waals surface area contributed by atoms with Gasteiger partial charge in [-0.25, -0.2) is 4.39 Å².